The molecule has 0 spiro atoms. The minimum atomic E-state index is -0.468. The number of carbonyl (C=O) groups is 2. The molecule has 0 aliphatic heterocycles. The van der Waals surface area contributed by atoms with Gasteiger partial charge in [0.1, 0.15) is 24.6 Å². The highest BCUT2D eigenvalue weighted by Crippen LogP contribution is 2.18. The van der Waals surface area contributed by atoms with Crippen molar-refractivity contribution >= 4 is 57.1 Å². The number of para-hydroxylation sites is 1. The van der Waals surface area contributed by atoms with Gasteiger partial charge >= 0.3 is 11.9 Å². The molecule has 4 rings (SSSR count). The van der Waals surface area contributed by atoms with Crippen molar-refractivity contribution in [3.8, 4) is 5.69 Å². The number of nitrogens with zero attached hydrogens (tertiary/aromatic N) is 3. The lowest BCUT2D eigenvalue weighted by molar-refractivity contribution is 0.0427. The second-order valence-corrected chi connectivity index (χ2v) is 9.39. The summed E-state index contributed by atoms with van der Waals surface area (Å²) in [5, 5.41) is 8.38. The summed E-state index contributed by atoms with van der Waals surface area (Å²) in [4.78, 5) is 25.0. The van der Waals surface area contributed by atoms with Crippen molar-refractivity contribution < 1.29 is 19.1 Å². The van der Waals surface area contributed by atoms with Crippen LogP contribution in [0.2, 0.25) is 0 Å². The molecular formula is C24H17I2N3O4. The monoisotopic (exact) mass is 665 g/mol. The largest absolute Gasteiger partial charge is 0.455 e. The fourth-order valence-corrected chi connectivity index (χ4v) is 4.12. The van der Waals surface area contributed by atoms with Crippen LogP contribution in [0.5, 0.6) is 0 Å². The molecule has 0 N–H and O–H groups in total. The predicted molar refractivity (Wildman–Crippen MR) is 138 cm³/mol. The van der Waals surface area contributed by atoms with Crippen molar-refractivity contribution in [1.82, 2.24) is 15.0 Å². The van der Waals surface area contributed by atoms with E-state index in [0.717, 1.165) is 12.8 Å². The molecule has 0 radical (unpaired) electrons. The van der Waals surface area contributed by atoms with Crippen LogP contribution in [0.1, 0.15) is 32.1 Å². The third-order valence-electron chi connectivity index (χ3n) is 4.65. The first-order valence-electron chi connectivity index (χ1n) is 9.85. The Hall–Kier alpha value is -2.80. The van der Waals surface area contributed by atoms with E-state index in [1.807, 2.05) is 42.5 Å². The van der Waals surface area contributed by atoms with Gasteiger partial charge in [0.15, 0.2) is 0 Å². The Bertz CT molecular complexity index is 1290. The van der Waals surface area contributed by atoms with Crippen LogP contribution in [0.3, 0.4) is 0 Å². The number of ether oxygens (including phenoxy) is 2. The standard InChI is InChI=1S/C24H17I2N3O4/c25-18-8-4-6-16(12-18)23(30)32-14-21-22(29(28-27-21)20-10-2-1-3-11-20)15-33-24(31)17-7-5-9-19(26)13-17/h1-13H,14-15H2. The van der Waals surface area contributed by atoms with E-state index in [9.17, 15) is 9.59 Å². The molecule has 0 atom stereocenters. The van der Waals surface area contributed by atoms with Gasteiger partial charge in [-0.15, -0.1) is 5.10 Å². The first-order chi connectivity index (χ1) is 16.0. The molecule has 7 nitrogen and oxygen atoms in total. The summed E-state index contributed by atoms with van der Waals surface area (Å²) in [5.74, 6) is -0.930. The van der Waals surface area contributed by atoms with Crippen LogP contribution in [0, 0.1) is 7.14 Å². The van der Waals surface area contributed by atoms with Crippen molar-refractivity contribution in [3.05, 3.63) is 109 Å². The maximum Gasteiger partial charge on any atom is 0.338 e. The van der Waals surface area contributed by atoms with Crippen LogP contribution >= 0.6 is 45.2 Å². The molecule has 3 aromatic carbocycles. The zero-order valence-electron chi connectivity index (χ0n) is 17.2. The molecule has 0 aliphatic carbocycles. The minimum absolute atomic E-state index is 0.0810. The van der Waals surface area contributed by atoms with Crippen LogP contribution in [0.25, 0.3) is 5.69 Å². The Balaban J connectivity index is 1.55. The number of esters is 2. The van der Waals surface area contributed by atoms with Crippen LogP contribution in [0.4, 0.5) is 0 Å². The molecular weight excluding hydrogens is 648 g/mol. The molecule has 166 valence electrons. The highest BCUT2D eigenvalue weighted by molar-refractivity contribution is 14.1. The molecule has 0 saturated carbocycles. The van der Waals surface area contributed by atoms with Crippen LogP contribution in [-0.2, 0) is 22.7 Å². The van der Waals surface area contributed by atoms with Crippen molar-refractivity contribution in [2.24, 2.45) is 0 Å². The normalized spacial score (nSPS) is 10.6. The van der Waals surface area contributed by atoms with E-state index in [0.29, 0.717) is 22.5 Å². The molecule has 0 unspecified atom stereocenters. The van der Waals surface area contributed by atoms with E-state index in [-0.39, 0.29) is 13.2 Å². The van der Waals surface area contributed by atoms with Gasteiger partial charge < -0.3 is 9.47 Å². The summed E-state index contributed by atoms with van der Waals surface area (Å²) in [6.45, 7) is -0.185. The molecule has 0 bridgehead atoms. The minimum Gasteiger partial charge on any atom is -0.455 e. The van der Waals surface area contributed by atoms with E-state index in [1.54, 1.807) is 41.1 Å². The zero-order chi connectivity index (χ0) is 23.2. The number of halogens is 2. The molecule has 1 heterocycles. The Kier molecular flexibility index (Phi) is 7.70. The maximum absolute atomic E-state index is 12.6. The lowest BCUT2D eigenvalue weighted by Gasteiger charge is -2.10. The average Bonchev–Trinajstić information content (AvgIpc) is 3.24. The molecule has 1 aromatic heterocycles. The topological polar surface area (TPSA) is 83.3 Å². The summed E-state index contributed by atoms with van der Waals surface area (Å²) >= 11 is 4.27. The van der Waals surface area contributed by atoms with Crippen molar-refractivity contribution in [2.75, 3.05) is 0 Å². The van der Waals surface area contributed by atoms with Gasteiger partial charge in [-0.05, 0) is 93.7 Å². The van der Waals surface area contributed by atoms with Gasteiger partial charge in [0.05, 0.1) is 16.8 Å². The van der Waals surface area contributed by atoms with Crippen LogP contribution < -0.4 is 0 Å². The summed E-state index contributed by atoms with van der Waals surface area (Å²) in [6.07, 6.45) is 0. The van der Waals surface area contributed by atoms with E-state index >= 15 is 0 Å². The first kappa shape index (κ1) is 23.4. The van der Waals surface area contributed by atoms with E-state index in [1.165, 1.54) is 0 Å². The summed E-state index contributed by atoms with van der Waals surface area (Å²) in [6, 6.07) is 23.6. The SMILES string of the molecule is O=C(OCc1nnn(-c2ccccc2)c1COC(=O)c1cccc(I)c1)c1cccc(I)c1. The van der Waals surface area contributed by atoms with Crippen molar-refractivity contribution in [3.63, 3.8) is 0 Å². The van der Waals surface area contributed by atoms with E-state index in [2.05, 4.69) is 55.5 Å². The predicted octanol–water partition coefficient (Wildman–Crippen LogP) is 5.19. The fraction of sp³-hybridized carbons (Fsp3) is 0.0833. The molecule has 0 fully saturated rings. The van der Waals surface area contributed by atoms with E-state index in [4.69, 9.17) is 9.47 Å². The zero-order valence-corrected chi connectivity index (χ0v) is 21.5. The smallest absolute Gasteiger partial charge is 0.338 e. The molecule has 9 heteroatoms. The van der Waals surface area contributed by atoms with Gasteiger partial charge in [0.2, 0.25) is 0 Å². The van der Waals surface area contributed by atoms with Crippen LogP contribution in [0.15, 0.2) is 78.9 Å². The van der Waals surface area contributed by atoms with Gasteiger partial charge in [-0.2, -0.15) is 0 Å². The second kappa shape index (κ2) is 10.9. The van der Waals surface area contributed by atoms with Gasteiger partial charge in [-0.3, -0.25) is 0 Å². The lowest BCUT2D eigenvalue weighted by Crippen LogP contribution is -2.12. The third kappa shape index (κ3) is 5.96. The lowest BCUT2D eigenvalue weighted by atomic mass is 10.2. The molecule has 0 aliphatic rings. The number of carbonyl (C=O) groups excluding carboxylic acids is 2. The number of benzene rings is 3. The molecule has 0 saturated heterocycles. The second-order valence-electron chi connectivity index (χ2n) is 6.90. The van der Waals surface area contributed by atoms with Crippen molar-refractivity contribution in [1.29, 1.82) is 0 Å². The van der Waals surface area contributed by atoms with Gasteiger partial charge in [-0.25, -0.2) is 14.3 Å². The Morgan fingerprint density at radius 2 is 1.33 bits per heavy atom. The van der Waals surface area contributed by atoms with Crippen molar-refractivity contribution in [2.45, 2.75) is 13.2 Å². The van der Waals surface area contributed by atoms with Gasteiger partial charge in [0, 0.05) is 7.14 Å². The Morgan fingerprint density at radius 1 is 0.758 bits per heavy atom. The number of hydrogen-bond donors (Lipinski definition) is 0. The molecule has 33 heavy (non-hydrogen) atoms. The third-order valence-corrected chi connectivity index (χ3v) is 5.99. The van der Waals surface area contributed by atoms with E-state index < -0.39 is 11.9 Å². The maximum atomic E-state index is 12.6. The number of rotatable bonds is 7. The highest BCUT2D eigenvalue weighted by Gasteiger charge is 2.19. The van der Waals surface area contributed by atoms with Crippen LogP contribution in [-0.4, -0.2) is 26.9 Å². The number of aromatic nitrogens is 3. The quantitative estimate of drug-likeness (QED) is 0.200. The Labute approximate surface area is 217 Å². The van der Waals surface area contributed by atoms with Gasteiger partial charge in [-0.1, -0.05) is 35.5 Å². The molecule has 4 aromatic rings. The summed E-state index contributed by atoms with van der Waals surface area (Å²) in [5.41, 5.74) is 2.58. The highest BCUT2D eigenvalue weighted by atomic mass is 127. The fourth-order valence-electron chi connectivity index (χ4n) is 3.03. The first-order valence-corrected chi connectivity index (χ1v) is 12.0. The summed E-state index contributed by atoms with van der Waals surface area (Å²) < 4.78 is 14.5. The number of hydrogen-bond acceptors (Lipinski definition) is 6. The molecule has 0 amide bonds. The Morgan fingerprint density at radius 3 is 1.91 bits per heavy atom. The average molecular weight is 665 g/mol. The summed E-state index contributed by atoms with van der Waals surface area (Å²) in [7, 11) is 0. The van der Waals surface area contributed by atoms with Gasteiger partial charge in [0.25, 0.3) is 0 Å².